The van der Waals surface area contributed by atoms with Crippen molar-refractivity contribution in [3.8, 4) is 11.8 Å². The Labute approximate surface area is 82.9 Å². The predicted molar refractivity (Wildman–Crippen MR) is 52.6 cm³/mol. The second-order valence-corrected chi connectivity index (χ2v) is 2.85. The van der Waals surface area contributed by atoms with Gasteiger partial charge in [0.05, 0.1) is 5.56 Å². The lowest BCUT2D eigenvalue weighted by Crippen LogP contribution is -1.99. The minimum absolute atomic E-state index is 0.0868. The average Bonchev–Trinajstić information content (AvgIpc) is 2.16. The van der Waals surface area contributed by atoms with E-state index in [1.165, 1.54) is 0 Å². The third-order valence-electron chi connectivity index (χ3n) is 1.52. The first-order chi connectivity index (χ1) is 6.24. The van der Waals surface area contributed by atoms with Crippen molar-refractivity contribution in [1.82, 2.24) is 4.98 Å². The second-order valence-electron chi connectivity index (χ2n) is 2.49. The van der Waals surface area contributed by atoms with E-state index in [9.17, 15) is 0 Å². The molecule has 68 valence electrons. The summed E-state index contributed by atoms with van der Waals surface area (Å²) in [5, 5.41) is 0.429. The summed E-state index contributed by atoms with van der Waals surface area (Å²) in [5.74, 6) is 5.79. The molecule has 1 heterocycles. The van der Waals surface area contributed by atoms with Crippen LogP contribution in [-0.2, 0) is 4.74 Å². The molecule has 0 aromatic carbocycles. The number of rotatable bonds is 1. The van der Waals surface area contributed by atoms with Crippen LogP contribution in [0.25, 0.3) is 0 Å². The quantitative estimate of drug-likeness (QED) is 0.506. The molecule has 2 nitrogen and oxygen atoms in total. The molecule has 0 amide bonds. The Kier molecular flexibility index (Phi) is 3.75. The Balaban J connectivity index is 2.83. The molecule has 0 saturated carbocycles. The average molecular weight is 196 g/mol. The molecule has 1 aromatic rings. The molecule has 3 heteroatoms. The largest absolute Gasteiger partial charge is 0.369 e. The summed E-state index contributed by atoms with van der Waals surface area (Å²) >= 11 is 5.80. The summed E-state index contributed by atoms with van der Waals surface area (Å²) in [6, 6.07) is 3.62. The van der Waals surface area contributed by atoms with Crippen LogP contribution in [0.1, 0.15) is 12.5 Å². The molecule has 0 spiro atoms. The molecule has 0 aliphatic heterocycles. The molecule has 0 N–H and O–H groups in total. The van der Waals surface area contributed by atoms with E-state index < -0.39 is 0 Å². The fraction of sp³-hybridized carbons (Fsp3) is 0.300. The van der Waals surface area contributed by atoms with E-state index in [4.69, 9.17) is 16.3 Å². The van der Waals surface area contributed by atoms with E-state index in [0.29, 0.717) is 5.15 Å². The first kappa shape index (κ1) is 10.0. The number of aromatic nitrogens is 1. The molecule has 0 bridgehead atoms. The Bertz CT molecular complexity index is 340. The van der Waals surface area contributed by atoms with Gasteiger partial charge in [-0.05, 0) is 19.1 Å². The lowest BCUT2D eigenvalue weighted by Gasteiger charge is -1.97. The zero-order valence-electron chi connectivity index (χ0n) is 7.54. The van der Waals surface area contributed by atoms with Crippen molar-refractivity contribution in [2.24, 2.45) is 0 Å². The molecule has 1 atom stereocenters. The Morgan fingerprint density at radius 2 is 2.38 bits per heavy atom. The molecule has 0 fully saturated rings. The minimum atomic E-state index is -0.0868. The second kappa shape index (κ2) is 4.86. The molecule has 13 heavy (non-hydrogen) atoms. The monoisotopic (exact) mass is 195 g/mol. The topological polar surface area (TPSA) is 22.1 Å². The van der Waals surface area contributed by atoms with Crippen molar-refractivity contribution in [3.05, 3.63) is 29.0 Å². The smallest absolute Gasteiger partial charge is 0.144 e. The highest BCUT2D eigenvalue weighted by Gasteiger charge is 1.95. The maximum absolute atomic E-state index is 5.80. The van der Waals surface area contributed by atoms with Crippen molar-refractivity contribution in [2.75, 3.05) is 7.11 Å². The maximum atomic E-state index is 5.80. The van der Waals surface area contributed by atoms with Crippen LogP contribution >= 0.6 is 11.6 Å². The first-order valence-corrected chi connectivity index (χ1v) is 4.26. The van der Waals surface area contributed by atoms with Crippen LogP contribution in [0, 0.1) is 11.8 Å². The van der Waals surface area contributed by atoms with E-state index in [2.05, 4.69) is 16.8 Å². The van der Waals surface area contributed by atoms with Gasteiger partial charge in [0.1, 0.15) is 11.3 Å². The molecular weight excluding hydrogens is 186 g/mol. The number of methoxy groups -OCH3 is 1. The van der Waals surface area contributed by atoms with Gasteiger partial charge in [0.15, 0.2) is 0 Å². The molecule has 0 aliphatic carbocycles. The summed E-state index contributed by atoms with van der Waals surface area (Å²) in [6.07, 6.45) is 1.55. The highest BCUT2D eigenvalue weighted by atomic mass is 35.5. The van der Waals surface area contributed by atoms with Crippen LogP contribution in [0.15, 0.2) is 18.3 Å². The molecule has 1 aromatic heterocycles. The van der Waals surface area contributed by atoms with Crippen molar-refractivity contribution in [2.45, 2.75) is 13.0 Å². The van der Waals surface area contributed by atoms with Crippen LogP contribution in [0.2, 0.25) is 5.15 Å². The standard InChI is InChI=1S/C10H10ClNO/c1-8(13-2)5-6-9-4-3-7-12-10(9)11/h3-4,7-8H,1-2H3. The van der Waals surface area contributed by atoms with Crippen LogP contribution in [0.4, 0.5) is 0 Å². The number of hydrogen-bond acceptors (Lipinski definition) is 2. The number of nitrogens with zero attached hydrogens (tertiary/aromatic N) is 1. The van der Waals surface area contributed by atoms with E-state index in [-0.39, 0.29) is 6.10 Å². The van der Waals surface area contributed by atoms with Gasteiger partial charge in [0, 0.05) is 13.3 Å². The van der Waals surface area contributed by atoms with Crippen molar-refractivity contribution in [1.29, 1.82) is 0 Å². The van der Waals surface area contributed by atoms with Gasteiger partial charge in [0.25, 0.3) is 0 Å². The maximum Gasteiger partial charge on any atom is 0.144 e. The molecule has 0 aliphatic rings. The zero-order chi connectivity index (χ0) is 9.68. The fourth-order valence-electron chi connectivity index (χ4n) is 0.718. The molecule has 0 saturated heterocycles. The Hall–Kier alpha value is -1.04. The van der Waals surface area contributed by atoms with Crippen LogP contribution in [0.3, 0.4) is 0 Å². The van der Waals surface area contributed by atoms with Gasteiger partial charge >= 0.3 is 0 Å². The van der Waals surface area contributed by atoms with E-state index in [1.807, 2.05) is 13.0 Å². The van der Waals surface area contributed by atoms with Gasteiger partial charge in [-0.2, -0.15) is 0 Å². The normalized spacial score (nSPS) is 11.6. The van der Waals surface area contributed by atoms with Gasteiger partial charge in [0.2, 0.25) is 0 Å². The SMILES string of the molecule is COC(C)C#Cc1cccnc1Cl. The van der Waals surface area contributed by atoms with Crippen LogP contribution in [0.5, 0.6) is 0 Å². The highest BCUT2D eigenvalue weighted by molar-refractivity contribution is 6.30. The molecule has 1 unspecified atom stereocenters. The summed E-state index contributed by atoms with van der Waals surface area (Å²) < 4.78 is 4.97. The van der Waals surface area contributed by atoms with E-state index in [1.54, 1.807) is 19.4 Å². The van der Waals surface area contributed by atoms with Gasteiger partial charge in [-0.3, -0.25) is 0 Å². The fourth-order valence-corrected chi connectivity index (χ4v) is 0.884. The van der Waals surface area contributed by atoms with Crippen molar-refractivity contribution >= 4 is 11.6 Å². The third-order valence-corrected chi connectivity index (χ3v) is 1.82. The number of ether oxygens (including phenoxy) is 1. The Morgan fingerprint density at radius 1 is 1.62 bits per heavy atom. The van der Waals surface area contributed by atoms with Crippen molar-refractivity contribution in [3.63, 3.8) is 0 Å². The first-order valence-electron chi connectivity index (χ1n) is 3.89. The highest BCUT2D eigenvalue weighted by Crippen LogP contribution is 2.09. The lowest BCUT2D eigenvalue weighted by atomic mass is 10.3. The van der Waals surface area contributed by atoms with Gasteiger partial charge in [-0.25, -0.2) is 4.98 Å². The summed E-state index contributed by atoms with van der Waals surface area (Å²) in [4.78, 5) is 3.91. The third kappa shape index (κ3) is 3.06. The number of hydrogen-bond donors (Lipinski definition) is 0. The molecule has 1 rings (SSSR count). The zero-order valence-corrected chi connectivity index (χ0v) is 8.30. The lowest BCUT2D eigenvalue weighted by molar-refractivity contribution is 0.163. The van der Waals surface area contributed by atoms with Gasteiger partial charge < -0.3 is 4.74 Å². The predicted octanol–water partition coefficient (Wildman–Crippen LogP) is 2.12. The van der Waals surface area contributed by atoms with Crippen molar-refractivity contribution < 1.29 is 4.74 Å². The number of pyridine rings is 1. The van der Waals surface area contributed by atoms with Crippen LogP contribution in [-0.4, -0.2) is 18.2 Å². The summed E-state index contributed by atoms with van der Waals surface area (Å²) in [5.41, 5.74) is 0.730. The Morgan fingerprint density at radius 3 is 3.00 bits per heavy atom. The molecule has 0 radical (unpaired) electrons. The molecular formula is C10H10ClNO. The van der Waals surface area contributed by atoms with E-state index >= 15 is 0 Å². The van der Waals surface area contributed by atoms with E-state index in [0.717, 1.165) is 5.56 Å². The summed E-state index contributed by atoms with van der Waals surface area (Å²) in [7, 11) is 1.62. The van der Waals surface area contributed by atoms with Gasteiger partial charge in [-0.1, -0.05) is 23.4 Å². The van der Waals surface area contributed by atoms with Crippen LogP contribution < -0.4 is 0 Å². The van der Waals surface area contributed by atoms with Gasteiger partial charge in [-0.15, -0.1) is 0 Å². The minimum Gasteiger partial charge on any atom is -0.369 e. The summed E-state index contributed by atoms with van der Waals surface area (Å²) in [6.45, 7) is 1.87. The number of halogens is 1.